The molecule has 5 nitrogen and oxygen atoms in total. The van der Waals surface area contributed by atoms with E-state index < -0.39 is 4.92 Å². The number of allylic oxidation sites excluding steroid dienone is 1. The van der Waals surface area contributed by atoms with Gasteiger partial charge in [0.1, 0.15) is 11.5 Å². The Morgan fingerprint density at radius 2 is 1.86 bits per heavy atom. The van der Waals surface area contributed by atoms with Crippen molar-refractivity contribution in [2.24, 2.45) is 0 Å². The number of hydrogen-bond donors (Lipinski definition) is 0. The lowest BCUT2D eigenvalue weighted by Gasteiger charge is -2.13. The van der Waals surface area contributed by atoms with Gasteiger partial charge in [0.25, 0.3) is 0 Å². The Labute approximate surface area is 132 Å². The molecule has 0 saturated heterocycles. The summed E-state index contributed by atoms with van der Waals surface area (Å²) in [6.07, 6.45) is 7.12. The maximum absolute atomic E-state index is 10.8. The van der Waals surface area contributed by atoms with E-state index in [1.807, 2.05) is 6.07 Å². The van der Waals surface area contributed by atoms with E-state index in [9.17, 15) is 10.1 Å². The fourth-order valence-corrected chi connectivity index (χ4v) is 2.31. The lowest BCUT2D eigenvalue weighted by atomic mass is 10.0. The maximum Gasteiger partial charge on any atom is 0.243 e. The maximum atomic E-state index is 10.8. The summed E-state index contributed by atoms with van der Waals surface area (Å²) in [5.41, 5.74) is 1.80. The van der Waals surface area contributed by atoms with Crippen molar-refractivity contribution < 1.29 is 14.4 Å². The standard InChI is InChI=1S/C17H25NO4/c1-5-6-7-8-9-14-11-17(22-4)15(12-16(14)21-3)10-13(2)18(19)20/h10-12H,5-9H2,1-4H3. The number of unbranched alkanes of at least 4 members (excludes halogenated alkanes) is 3. The molecule has 0 aromatic heterocycles. The van der Waals surface area contributed by atoms with Crippen LogP contribution in [-0.2, 0) is 6.42 Å². The van der Waals surface area contributed by atoms with E-state index in [2.05, 4.69) is 6.92 Å². The van der Waals surface area contributed by atoms with Crippen LogP contribution in [0.15, 0.2) is 17.8 Å². The minimum atomic E-state index is -0.412. The van der Waals surface area contributed by atoms with Crippen LogP contribution in [0.25, 0.3) is 6.08 Å². The summed E-state index contributed by atoms with van der Waals surface area (Å²) in [6.45, 7) is 3.65. The molecular formula is C17H25NO4. The van der Waals surface area contributed by atoms with Gasteiger partial charge in [0.05, 0.1) is 19.1 Å². The van der Waals surface area contributed by atoms with E-state index in [0.29, 0.717) is 11.3 Å². The first-order valence-electron chi connectivity index (χ1n) is 7.61. The summed E-state index contributed by atoms with van der Waals surface area (Å²) >= 11 is 0. The van der Waals surface area contributed by atoms with E-state index in [4.69, 9.17) is 9.47 Å². The number of rotatable bonds is 9. The van der Waals surface area contributed by atoms with Gasteiger partial charge in [0.15, 0.2) is 0 Å². The highest BCUT2D eigenvalue weighted by molar-refractivity contribution is 5.62. The van der Waals surface area contributed by atoms with Crippen LogP contribution in [0.1, 0.15) is 50.7 Å². The third-order valence-corrected chi connectivity index (χ3v) is 3.58. The predicted molar refractivity (Wildman–Crippen MR) is 88.0 cm³/mol. The van der Waals surface area contributed by atoms with Gasteiger partial charge in [-0.05, 0) is 30.5 Å². The van der Waals surface area contributed by atoms with Crippen molar-refractivity contribution in [3.05, 3.63) is 39.1 Å². The molecule has 0 bridgehead atoms. The molecule has 1 aromatic carbocycles. The third kappa shape index (κ3) is 5.06. The molecule has 1 aromatic rings. The Balaban J connectivity index is 3.06. The highest BCUT2D eigenvalue weighted by Gasteiger charge is 2.12. The molecule has 0 saturated carbocycles. The van der Waals surface area contributed by atoms with Gasteiger partial charge in [-0.25, -0.2) is 0 Å². The van der Waals surface area contributed by atoms with E-state index in [0.717, 1.165) is 24.2 Å². The molecule has 122 valence electrons. The molecule has 0 aliphatic rings. The fourth-order valence-electron chi connectivity index (χ4n) is 2.31. The lowest BCUT2D eigenvalue weighted by Crippen LogP contribution is -1.98. The summed E-state index contributed by atoms with van der Waals surface area (Å²) in [5, 5.41) is 10.8. The van der Waals surface area contributed by atoms with E-state index in [1.165, 1.54) is 32.3 Å². The van der Waals surface area contributed by atoms with Crippen LogP contribution in [0.4, 0.5) is 0 Å². The first-order chi connectivity index (χ1) is 10.5. The quantitative estimate of drug-likeness (QED) is 0.384. The first-order valence-corrected chi connectivity index (χ1v) is 7.61. The zero-order valence-electron chi connectivity index (χ0n) is 13.8. The molecule has 0 aliphatic carbocycles. The number of nitrogens with zero attached hydrogens (tertiary/aromatic N) is 1. The van der Waals surface area contributed by atoms with Gasteiger partial charge in [0.2, 0.25) is 5.70 Å². The highest BCUT2D eigenvalue weighted by atomic mass is 16.6. The topological polar surface area (TPSA) is 61.6 Å². The van der Waals surface area contributed by atoms with Crippen molar-refractivity contribution in [1.29, 1.82) is 0 Å². The minimum Gasteiger partial charge on any atom is -0.496 e. The van der Waals surface area contributed by atoms with Crippen LogP contribution in [-0.4, -0.2) is 19.1 Å². The Hall–Kier alpha value is -2.04. The van der Waals surface area contributed by atoms with Crippen molar-refractivity contribution >= 4 is 6.08 Å². The summed E-state index contributed by atoms with van der Waals surface area (Å²) in [4.78, 5) is 10.4. The Kier molecular flexibility index (Phi) is 7.43. The molecule has 0 aliphatic heterocycles. The second-order valence-electron chi connectivity index (χ2n) is 5.26. The van der Waals surface area contributed by atoms with Crippen LogP contribution in [0.2, 0.25) is 0 Å². The van der Waals surface area contributed by atoms with Crippen molar-refractivity contribution in [2.75, 3.05) is 14.2 Å². The average molecular weight is 307 g/mol. The molecule has 0 radical (unpaired) electrons. The summed E-state index contributed by atoms with van der Waals surface area (Å²) in [6, 6.07) is 3.73. The molecule has 0 N–H and O–H groups in total. The monoisotopic (exact) mass is 307 g/mol. The molecule has 5 heteroatoms. The molecular weight excluding hydrogens is 282 g/mol. The van der Waals surface area contributed by atoms with Gasteiger partial charge < -0.3 is 9.47 Å². The Bertz CT molecular complexity index is 538. The van der Waals surface area contributed by atoms with Crippen LogP contribution in [0.5, 0.6) is 11.5 Å². The number of benzene rings is 1. The van der Waals surface area contributed by atoms with Crippen molar-refractivity contribution in [3.63, 3.8) is 0 Å². The Morgan fingerprint density at radius 3 is 2.41 bits per heavy atom. The van der Waals surface area contributed by atoms with Gasteiger partial charge in [-0.15, -0.1) is 0 Å². The third-order valence-electron chi connectivity index (χ3n) is 3.58. The highest BCUT2D eigenvalue weighted by Crippen LogP contribution is 2.31. The van der Waals surface area contributed by atoms with Crippen LogP contribution in [0.3, 0.4) is 0 Å². The van der Waals surface area contributed by atoms with Crippen molar-refractivity contribution in [1.82, 2.24) is 0 Å². The molecule has 22 heavy (non-hydrogen) atoms. The number of ether oxygens (including phenoxy) is 2. The van der Waals surface area contributed by atoms with Crippen LogP contribution in [0, 0.1) is 10.1 Å². The first kappa shape index (κ1) is 18.0. The van der Waals surface area contributed by atoms with Gasteiger partial charge in [-0.3, -0.25) is 10.1 Å². The van der Waals surface area contributed by atoms with E-state index >= 15 is 0 Å². The summed E-state index contributed by atoms with van der Waals surface area (Å²) in [7, 11) is 3.19. The Morgan fingerprint density at radius 1 is 1.18 bits per heavy atom. The predicted octanol–water partition coefficient (Wildman–Crippen LogP) is 4.46. The van der Waals surface area contributed by atoms with E-state index in [1.54, 1.807) is 20.3 Å². The molecule has 0 atom stereocenters. The fraction of sp³-hybridized carbons (Fsp3) is 0.529. The van der Waals surface area contributed by atoms with Gasteiger partial charge in [-0.1, -0.05) is 26.2 Å². The SMILES string of the molecule is CCCCCCc1cc(OC)c(C=C(C)[N+](=O)[O-])cc1OC. The van der Waals surface area contributed by atoms with Gasteiger partial charge in [0, 0.05) is 18.6 Å². The lowest BCUT2D eigenvalue weighted by molar-refractivity contribution is -0.422. The van der Waals surface area contributed by atoms with Gasteiger partial charge in [-0.2, -0.15) is 0 Å². The number of nitro groups is 1. The van der Waals surface area contributed by atoms with Crippen molar-refractivity contribution in [3.8, 4) is 11.5 Å². The molecule has 0 amide bonds. The largest absolute Gasteiger partial charge is 0.496 e. The normalized spacial score (nSPS) is 11.4. The number of aryl methyl sites for hydroxylation is 1. The second kappa shape index (κ2) is 9.07. The van der Waals surface area contributed by atoms with Crippen LogP contribution < -0.4 is 9.47 Å². The van der Waals surface area contributed by atoms with E-state index in [-0.39, 0.29) is 5.70 Å². The average Bonchev–Trinajstić information content (AvgIpc) is 2.51. The second-order valence-corrected chi connectivity index (χ2v) is 5.26. The van der Waals surface area contributed by atoms with Crippen LogP contribution >= 0.6 is 0 Å². The zero-order chi connectivity index (χ0) is 16.5. The molecule has 1 rings (SSSR count). The van der Waals surface area contributed by atoms with Crippen molar-refractivity contribution in [2.45, 2.75) is 46.0 Å². The molecule has 0 fully saturated rings. The number of methoxy groups -OCH3 is 2. The van der Waals surface area contributed by atoms with Gasteiger partial charge >= 0.3 is 0 Å². The number of hydrogen-bond acceptors (Lipinski definition) is 4. The minimum absolute atomic E-state index is 0.0658. The molecule has 0 heterocycles. The zero-order valence-corrected chi connectivity index (χ0v) is 13.8. The molecule has 0 unspecified atom stereocenters. The molecule has 0 spiro atoms. The smallest absolute Gasteiger partial charge is 0.243 e. The summed E-state index contributed by atoms with van der Waals surface area (Å²) < 4.78 is 10.8. The summed E-state index contributed by atoms with van der Waals surface area (Å²) in [5.74, 6) is 1.38.